The lowest BCUT2D eigenvalue weighted by Crippen LogP contribution is -2.52. The minimum atomic E-state index is -1.05. The average molecular weight is 248 g/mol. The van der Waals surface area contributed by atoms with Crippen molar-refractivity contribution in [2.45, 2.75) is 31.7 Å². The maximum Gasteiger partial charge on any atom is 0.329 e. The summed E-state index contributed by atoms with van der Waals surface area (Å²) in [6, 6.07) is 3.34. The van der Waals surface area contributed by atoms with Gasteiger partial charge in [-0.15, -0.1) is 0 Å². The first-order valence-corrected chi connectivity index (χ1v) is 6.07. The SMILES string of the molecule is CCC1(C(=O)O)CCCN1C(=O)c1cccnc1. The summed E-state index contributed by atoms with van der Waals surface area (Å²) in [5.74, 6) is -1.16. The van der Waals surface area contributed by atoms with Crippen molar-refractivity contribution in [1.82, 2.24) is 9.88 Å². The van der Waals surface area contributed by atoms with Crippen molar-refractivity contribution in [3.05, 3.63) is 30.1 Å². The molecule has 1 aliphatic rings. The van der Waals surface area contributed by atoms with Gasteiger partial charge in [0.25, 0.3) is 5.91 Å². The van der Waals surface area contributed by atoms with E-state index in [9.17, 15) is 14.7 Å². The monoisotopic (exact) mass is 248 g/mol. The van der Waals surface area contributed by atoms with Gasteiger partial charge in [-0.1, -0.05) is 6.92 Å². The number of amides is 1. The molecule has 2 heterocycles. The second-order valence-electron chi connectivity index (χ2n) is 4.49. The van der Waals surface area contributed by atoms with Crippen LogP contribution in [0.2, 0.25) is 0 Å². The van der Waals surface area contributed by atoms with Crippen LogP contribution in [0.5, 0.6) is 0 Å². The molecule has 1 saturated heterocycles. The highest BCUT2D eigenvalue weighted by Gasteiger charge is 2.48. The van der Waals surface area contributed by atoms with Crippen molar-refractivity contribution in [2.75, 3.05) is 6.54 Å². The lowest BCUT2D eigenvalue weighted by Gasteiger charge is -2.33. The third-order valence-corrected chi connectivity index (χ3v) is 3.63. The summed E-state index contributed by atoms with van der Waals surface area (Å²) in [5.41, 5.74) is -0.606. The van der Waals surface area contributed by atoms with Crippen LogP contribution in [0.3, 0.4) is 0 Å². The van der Waals surface area contributed by atoms with Crippen molar-refractivity contribution in [3.8, 4) is 0 Å². The molecule has 1 fully saturated rings. The number of likely N-dealkylation sites (tertiary alicyclic amines) is 1. The first kappa shape index (κ1) is 12.5. The summed E-state index contributed by atoms with van der Waals surface area (Å²) in [6.07, 6.45) is 4.74. The first-order valence-electron chi connectivity index (χ1n) is 6.07. The second kappa shape index (κ2) is 4.76. The quantitative estimate of drug-likeness (QED) is 0.881. The minimum Gasteiger partial charge on any atom is -0.479 e. The van der Waals surface area contributed by atoms with Gasteiger partial charge in [-0.05, 0) is 31.4 Å². The lowest BCUT2D eigenvalue weighted by atomic mass is 9.92. The number of aliphatic carboxylic acids is 1. The molecule has 1 unspecified atom stereocenters. The maximum absolute atomic E-state index is 12.3. The smallest absolute Gasteiger partial charge is 0.329 e. The van der Waals surface area contributed by atoms with Gasteiger partial charge >= 0.3 is 5.97 Å². The fourth-order valence-corrected chi connectivity index (χ4v) is 2.56. The van der Waals surface area contributed by atoms with E-state index in [1.807, 2.05) is 6.92 Å². The standard InChI is InChI=1S/C13H16N2O3/c1-2-13(12(17)18)6-4-8-15(13)11(16)10-5-3-7-14-9-10/h3,5,7,9H,2,4,6,8H2,1H3,(H,17,18). The van der Waals surface area contributed by atoms with Crippen LogP contribution in [0.25, 0.3) is 0 Å². The lowest BCUT2D eigenvalue weighted by molar-refractivity contribution is -0.148. The van der Waals surface area contributed by atoms with E-state index in [4.69, 9.17) is 0 Å². The van der Waals surface area contributed by atoms with Crippen LogP contribution in [-0.4, -0.2) is 39.0 Å². The zero-order valence-electron chi connectivity index (χ0n) is 10.3. The molecule has 0 saturated carbocycles. The van der Waals surface area contributed by atoms with E-state index in [1.54, 1.807) is 18.3 Å². The van der Waals surface area contributed by atoms with Crippen LogP contribution in [0.1, 0.15) is 36.5 Å². The molecule has 0 spiro atoms. The number of carbonyl (C=O) groups is 2. The summed E-state index contributed by atoms with van der Waals surface area (Å²) in [4.78, 5) is 29.2. The molecule has 5 heteroatoms. The van der Waals surface area contributed by atoms with Crippen LogP contribution in [0.15, 0.2) is 24.5 Å². The Kier molecular flexibility index (Phi) is 3.32. The van der Waals surface area contributed by atoms with Crippen molar-refractivity contribution >= 4 is 11.9 Å². The highest BCUT2D eigenvalue weighted by atomic mass is 16.4. The van der Waals surface area contributed by atoms with Gasteiger partial charge in [0, 0.05) is 18.9 Å². The van der Waals surface area contributed by atoms with Gasteiger partial charge in [0.2, 0.25) is 0 Å². The summed E-state index contributed by atoms with van der Waals surface area (Å²) in [6.45, 7) is 2.30. The highest BCUT2D eigenvalue weighted by molar-refractivity contribution is 5.98. The number of nitrogens with zero attached hydrogens (tertiary/aromatic N) is 2. The van der Waals surface area contributed by atoms with Crippen LogP contribution < -0.4 is 0 Å². The summed E-state index contributed by atoms with van der Waals surface area (Å²) >= 11 is 0. The van der Waals surface area contributed by atoms with Gasteiger partial charge < -0.3 is 10.0 Å². The molecule has 0 bridgehead atoms. The van der Waals surface area contributed by atoms with E-state index in [2.05, 4.69) is 4.98 Å². The molecular weight excluding hydrogens is 232 g/mol. The summed E-state index contributed by atoms with van der Waals surface area (Å²) in [7, 11) is 0. The van der Waals surface area contributed by atoms with Crippen LogP contribution >= 0.6 is 0 Å². The zero-order valence-corrected chi connectivity index (χ0v) is 10.3. The van der Waals surface area contributed by atoms with Gasteiger partial charge in [0.15, 0.2) is 0 Å². The molecule has 5 nitrogen and oxygen atoms in total. The third-order valence-electron chi connectivity index (χ3n) is 3.63. The predicted octanol–water partition coefficient (Wildman–Crippen LogP) is 1.55. The van der Waals surface area contributed by atoms with E-state index in [0.717, 1.165) is 6.42 Å². The number of carboxylic acid groups (broad SMARTS) is 1. The van der Waals surface area contributed by atoms with Gasteiger partial charge in [-0.2, -0.15) is 0 Å². The van der Waals surface area contributed by atoms with Crippen molar-refractivity contribution in [3.63, 3.8) is 0 Å². The number of carboxylic acids is 1. The Morgan fingerprint density at radius 1 is 1.56 bits per heavy atom. The fourth-order valence-electron chi connectivity index (χ4n) is 2.56. The van der Waals surface area contributed by atoms with E-state index in [0.29, 0.717) is 24.9 Å². The normalized spacial score (nSPS) is 23.1. The molecule has 1 N–H and O–H groups in total. The largest absolute Gasteiger partial charge is 0.479 e. The number of pyridine rings is 1. The summed E-state index contributed by atoms with van der Waals surface area (Å²) < 4.78 is 0. The van der Waals surface area contributed by atoms with Crippen molar-refractivity contribution in [1.29, 1.82) is 0 Å². The Bertz CT molecular complexity index is 461. The number of hydrogen-bond acceptors (Lipinski definition) is 3. The van der Waals surface area contributed by atoms with Crippen LogP contribution in [0, 0.1) is 0 Å². The molecular formula is C13H16N2O3. The zero-order chi connectivity index (χ0) is 13.2. The number of rotatable bonds is 3. The molecule has 0 radical (unpaired) electrons. The Morgan fingerprint density at radius 2 is 2.33 bits per heavy atom. The molecule has 18 heavy (non-hydrogen) atoms. The first-order chi connectivity index (χ1) is 8.62. The van der Waals surface area contributed by atoms with Gasteiger partial charge in [-0.25, -0.2) is 4.79 Å². The Morgan fingerprint density at radius 3 is 2.89 bits per heavy atom. The van der Waals surface area contributed by atoms with Gasteiger partial charge in [0.05, 0.1) is 5.56 Å². The molecule has 0 aromatic carbocycles. The Labute approximate surface area is 105 Å². The van der Waals surface area contributed by atoms with Crippen LogP contribution in [-0.2, 0) is 4.79 Å². The number of carbonyl (C=O) groups excluding carboxylic acids is 1. The minimum absolute atomic E-state index is 0.246. The molecule has 96 valence electrons. The molecule has 1 aliphatic heterocycles. The fraction of sp³-hybridized carbons (Fsp3) is 0.462. The summed E-state index contributed by atoms with van der Waals surface area (Å²) in [5, 5.41) is 9.42. The molecule has 1 aromatic rings. The molecule has 1 aromatic heterocycles. The number of hydrogen-bond donors (Lipinski definition) is 1. The topological polar surface area (TPSA) is 70.5 Å². The van der Waals surface area contributed by atoms with Crippen LogP contribution in [0.4, 0.5) is 0 Å². The second-order valence-corrected chi connectivity index (χ2v) is 4.49. The van der Waals surface area contributed by atoms with Crippen molar-refractivity contribution in [2.24, 2.45) is 0 Å². The molecule has 0 aliphatic carbocycles. The maximum atomic E-state index is 12.3. The number of aromatic nitrogens is 1. The van der Waals surface area contributed by atoms with E-state index < -0.39 is 11.5 Å². The van der Waals surface area contributed by atoms with Gasteiger partial charge in [0.1, 0.15) is 5.54 Å². The Balaban J connectivity index is 2.33. The predicted molar refractivity (Wildman–Crippen MR) is 65.2 cm³/mol. The Hall–Kier alpha value is -1.91. The molecule has 2 rings (SSSR count). The van der Waals surface area contributed by atoms with E-state index in [-0.39, 0.29) is 5.91 Å². The molecule has 1 amide bonds. The van der Waals surface area contributed by atoms with E-state index in [1.165, 1.54) is 11.1 Å². The molecule has 1 atom stereocenters. The third kappa shape index (κ3) is 1.85. The van der Waals surface area contributed by atoms with Gasteiger partial charge in [-0.3, -0.25) is 9.78 Å². The average Bonchev–Trinajstić information content (AvgIpc) is 2.84. The highest BCUT2D eigenvalue weighted by Crippen LogP contribution is 2.33. The van der Waals surface area contributed by atoms with E-state index >= 15 is 0 Å². The van der Waals surface area contributed by atoms with Crippen molar-refractivity contribution < 1.29 is 14.7 Å².